The van der Waals surface area contributed by atoms with Gasteiger partial charge in [-0.05, 0) is 28.3 Å². The lowest BCUT2D eigenvalue weighted by Gasteiger charge is -2.35. The van der Waals surface area contributed by atoms with Gasteiger partial charge in [0.25, 0.3) is 6.08 Å². The van der Waals surface area contributed by atoms with Crippen molar-refractivity contribution >= 4 is 12.2 Å². The molecule has 0 aliphatic heterocycles. The number of hydrogen-bond acceptors (Lipinski definition) is 1. The van der Waals surface area contributed by atoms with Gasteiger partial charge in [-0.3, -0.25) is 0 Å². The van der Waals surface area contributed by atoms with Gasteiger partial charge in [-0.1, -0.05) is 127 Å². The third-order valence-electron chi connectivity index (χ3n) is 5.93. The molecule has 0 radical (unpaired) electrons. The van der Waals surface area contributed by atoms with Gasteiger partial charge in [0, 0.05) is 0 Å². The van der Waals surface area contributed by atoms with Crippen LogP contribution < -0.4 is 0 Å². The molecule has 0 aliphatic carbocycles. The first-order chi connectivity index (χ1) is 16.3. The van der Waals surface area contributed by atoms with Crippen molar-refractivity contribution < 1.29 is 4.39 Å². The second kappa shape index (κ2) is 9.09. The molecule has 1 aromatic heterocycles. The topological polar surface area (TPSA) is 28.7 Å². The Kier molecular flexibility index (Phi) is 5.69. The molecule has 3 heteroatoms. The van der Waals surface area contributed by atoms with Crippen LogP contribution in [0.1, 0.15) is 33.6 Å². The van der Waals surface area contributed by atoms with Crippen molar-refractivity contribution in [1.82, 2.24) is 9.97 Å². The molecule has 5 rings (SSSR count). The second-order valence-corrected chi connectivity index (χ2v) is 7.88. The Balaban J connectivity index is 1.82. The van der Waals surface area contributed by atoms with E-state index in [2.05, 4.69) is 46.4 Å². The van der Waals surface area contributed by atoms with Gasteiger partial charge in [0.15, 0.2) is 0 Å². The van der Waals surface area contributed by atoms with Gasteiger partial charge in [0.1, 0.15) is 0 Å². The minimum absolute atomic E-state index is 0.563. The third kappa shape index (κ3) is 3.90. The van der Waals surface area contributed by atoms with Crippen LogP contribution in [0.25, 0.3) is 12.2 Å². The lowest BCUT2D eigenvalue weighted by atomic mass is 9.66. The molecule has 0 amide bonds. The molecule has 0 atom stereocenters. The molecule has 33 heavy (non-hydrogen) atoms. The molecule has 160 valence electrons. The first-order valence-corrected chi connectivity index (χ1v) is 10.9. The average molecular weight is 431 g/mol. The number of hydrogen-bond donors (Lipinski definition) is 1. The molecule has 0 aliphatic rings. The Labute approximate surface area is 193 Å². The van der Waals surface area contributed by atoms with E-state index in [-0.39, 0.29) is 0 Å². The first kappa shape index (κ1) is 20.7. The van der Waals surface area contributed by atoms with Crippen LogP contribution in [0.2, 0.25) is 0 Å². The number of aromatic amines is 1. The Morgan fingerprint density at radius 1 is 0.576 bits per heavy atom. The lowest BCUT2D eigenvalue weighted by molar-refractivity contribution is 0.545. The summed E-state index contributed by atoms with van der Waals surface area (Å²) in [7, 11) is 0. The molecule has 4 aromatic carbocycles. The van der Waals surface area contributed by atoms with Gasteiger partial charge in [0.05, 0.1) is 16.8 Å². The van der Waals surface area contributed by atoms with Crippen LogP contribution in [-0.2, 0) is 5.41 Å². The minimum Gasteiger partial charge on any atom is -0.316 e. The fraction of sp³-hybridized carbons (Fsp3) is 0.0333. The fourth-order valence-corrected chi connectivity index (χ4v) is 4.50. The van der Waals surface area contributed by atoms with Crippen molar-refractivity contribution in [3.8, 4) is 0 Å². The molecule has 0 saturated carbocycles. The van der Waals surface area contributed by atoms with E-state index in [0.717, 1.165) is 22.3 Å². The predicted octanol–water partition coefficient (Wildman–Crippen LogP) is 7.10. The summed E-state index contributed by atoms with van der Waals surface area (Å²) in [6.45, 7) is 0. The third-order valence-corrected chi connectivity index (χ3v) is 5.93. The molecule has 0 spiro atoms. The highest BCUT2D eigenvalue weighted by Crippen LogP contribution is 2.45. The molecule has 2 nitrogen and oxygen atoms in total. The first-order valence-electron chi connectivity index (χ1n) is 10.9. The van der Waals surface area contributed by atoms with E-state index in [1.165, 1.54) is 0 Å². The van der Waals surface area contributed by atoms with Crippen molar-refractivity contribution in [3.05, 3.63) is 161 Å². The summed E-state index contributed by atoms with van der Waals surface area (Å²) >= 11 is 0. The van der Waals surface area contributed by atoms with E-state index >= 15 is 0 Å². The van der Waals surface area contributed by atoms with Gasteiger partial charge in [-0.2, -0.15) is 4.39 Å². The number of H-pyrrole nitrogens is 1. The van der Waals surface area contributed by atoms with Crippen LogP contribution in [-0.4, -0.2) is 9.97 Å². The highest BCUT2D eigenvalue weighted by atomic mass is 19.1. The van der Waals surface area contributed by atoms with Crippen molar-refractivity contribution in [3.63, 3.8) is 0 Å². The van der Waals surface area contributed by atoms with Crippen molar-refractivity contribution in [1.29, 1.82) is 0 Å². The smallest absolute Gasteiger partial charge is 0.287 e. The number of nitrogens with zero attached hydrogens (tertiary/aromatic N) is 1. The SMILES string of the molecule is Fc1nc(/C=C/c2ccccc2)c(C(c2ccccc2)(c2ccccc2)c2ccccc2)[nH]1. The summed E-state index contributed by atoms with van der Waals surface area (Å²) in [6.07, 6.45) is 3.24. The van der Waals surface area contributed by atoms with Crippen molar-refractivity contribution in [2.24, 2.45) is 0 Å². The number of benzene rings is 4. The standard InChI is InChI=1S/C30H23FN2/c31-29-32-27(22-21-23-13-5-1-6-14-23)28(33-29)30(24-15-7-2-8-16-24,25-17-9-3-10-18-25)26-19-11-4-12-20-26/h1-22H,(H,32,33)/b22-21+. The van der Waals surface area contributed by atoms with E-state index in [0.29, 0.717) is 11.4 Å². The maximum Gasteiger partial charge on any atom is 0.287 e. The zero-order valence-electron chi connectivity index (χ0n) is 18.0. The monoisotopic (exact) mass is 430 g/mol. The summed E-state index contributed by atoms with van der Waals surface area (Å²) in [4.78, 5) is 7.25. The molecule has 1 N–H and O–H groups in total. The average Bonchev–Trinajstić information content (AvgIpc) is 3.26. The molecular weight excluding hydrogens is 407 g/mol. The number of rotatable bonds is 6. The van der Waals surface area contributed by atoms with E-state index in [1.54, 1.807) is 0 Å². The Morgan fingerprint density at radius 2 is 1.00 bits per heavy atom. The van der Waals surface area contributed by atoms with Gasteiger partial charge in [0.2, 0.25) is 0 Å². The van der Waals surface area contributed by atoms with Crippen LogP contribution in [0, 0.1) is 6.08 Å². The van der Waals surface area contributed by atoms with Crippen molar-refractivity contribution in [2.75, 3.05) is 0 Å². The van der Waals surface area contributed by atoms with Gasteiger partial charge >= 0.3 is 0 Å². The van der Waals surface area contributed by atoms with Gasteiger partial charge in [-0.25, -0.2) is 4.98 Å². The second-order valence-electron chi connectivity index (χ2n) is 7.88. The number of nitrogens with one attached hydrogen (secondary N) is 1. The van der Waals surface area contributed by atoms with E-state index < -0.39 is 11.5 Å². The maximum atomic E-state index is 14.8. The summed E-state index contributed by atoms with van der Waals surface area (Å²) in [5.41, 5.74) is 4.58. The van der Waals surface area contributed by atoms with Gasteiger partial charge < -0.3 is 4.98 Å². The normalized spacial score (nSPS) is 11.7. The van der Waals surface area contributed by atoms with E-state index in [4.69, 9.17) is 0 Å². The van der Waals surface area contributed by atoms with Gasteiger partial charge in [-0.15, -0.1) is 0 Å². The fourth-order valence-electron chi connectivity index (χ4n) is 4.50. The van der Waals surface area contributed by atoms with E-state index in [9.17, 15) is 4.39 Å². The maximum absolute atomic E-state index is 14.8. The molecular formula is C30H23FN2. The Hall–Kier alpha value is -4.24. The molecule has 0 fully saturated rings. The summed E-state index contributed by atoms with van der Waals surface area (Å²) < 4.78 is 14.8. The van der Waals surface area contributed by atoms with Crippen molar-refractivity contribution in [2.45, 2.75) is 5.41 Å². The molecule has 0 bridgehead atoms. The Morgan fingerprint density at radius 3 is 1.45 bits per heavy atom. The summed E-state index contributed by atoms with van der Waals surface area (Å²) in [5.74, 6) is 0. The number of imidazole rings is 1. The number of aromatic nitrogens is 2. The van der Waals surface area contributed by atoms with Crippen LogP contribution in [0.5, 0.6) is 0 Å². The van der Waals surface area contributed by atoms with Crippen LogP contribution in [0.3, 0.4) is 0 Å². The molecule has 1 heterocycles. The quantitative estimate of drug-likeness (QED) is 0.286. The van der Waals surface area contributed by atoms with E-state index in [1.807, 2.05) is 97.1 Å². The predicted molar refractivity (Wildman–Crippen MR) is 132 cm³/mol. The van der Waals surface area contributed by atoms with Crippen LogP contribution >= 0.6 is 0 Å². The Bertz CT molecular complexity index is 1250. The largest absolute Gasteiger partial charge is 0.316 e. The molecule has 0 unspecified atom stereocenters. The lowest BCUT2D eigenvalue weighted by Crippen LogP contribution is -2.32. The summed E-state index contributed by atoms with van der Waals surface area (Å²) in [5, 5.41) is 0. The number of halogens is 1. The molecule has 5 aromatic rings. The molecule has 0 saturated heterocycles. The summed E-state index contributed by atoms with van der Waals surface area (Å²) in [6, 6.07) is 40.6. The highest BCUT2D eigenvalue weighted by molar-refractivity contribution is 5.72. The highest BCUT2D eigenvalue weighted by Gasteiger charge is 2.41. The zero-order chi connectivity index (χ0) is 22.5. The van der Waals surface area contributed by atoms with Crippen LogP contribution in [0.4, 0.5) is 4.39 Å². The minimum atomic E-state index is -0.780. The zero-order valence-corrected chi connectivity index (χ0v) is 18.0. The van der Waals surface area contributed by atoms with Crippen LogP contribution in [0.15, 0.2) is 121 Å².